The SMILES string of the molecule is ClC1=NP(c2ccccc2)(c2ccccc2)=Nc2ccccc21. The van der Waals surface area contributed by atoms with Gasteiger partial charge in [-0.05, 0) is 12.1 Å². The minimum atomic E-state index is -2.30. The number of rotatable bonds is 2. The fraction of sp³-hybridized carbons (Fsp3) is 0. The summed E-state index contributed by atoms with van der Waals surface area (Å²) in [5.41, 5.74) is 1.81. The number of hydrogen-bond donors (Lipinski definition) is 0. The van der Waals surface area contributed by atoms with Crippen LogP contribution in [0.1, 0.15) is 5.56 Å². The van der Waals surface area contributed by atoms with Crippen LogP contribution in [0.4, 0.5) is 5.69 Å². The summed E-state index contributed by atoms with van der Waals surface area (Å²) in [6.07, 6.45) is 0. The second-order valence-corrected chi connectivity index (χ2v) is 8.27. The van der Waals surface area contributed by atoms with Gasteiger partial charge in [-0.2, -0.15) is 0 Å². The van der Waals surface area contributed by atoms with Crippen molar-refractivity contribution in [1.29, 1.82) is 0 Å². The second kappa shape index (κ2) is 5.81. The third-order valence-electron chi connectivity index (χ3n) is 3.84. The molecule has 4 heteroatoms. The molecule has 0 saturated heterocycles. The van der Waals surface area contributed by atoms with E-state index in [-0.39, 0.29) is 0 Å². The topological polar surface area (TPSA) is 24.7 Å². The summed E-state index contributed by atoms with van der Waals surface area (Å²) in [5.74, 6) is 0. The third-order valence-corrected chi connectivity index (χ3v) is 7.28. The molecule has 0 atom stereocenters. The molecule has 0 radical (unpaired) electrons. The molecule has 1 aliphatic heterocycles. The van der Waals surface area contributed by atoms with Gasteiger partial charge >= 0.3 is 0 Å². The van der Waals surface area contributed by atoms with Crippen LogP contribution in [0.2, 0.25) is 0 Å². The van der Waals surface area contributed by atoms with Gasteiger partial charge in [0.05, 0.1) is 5.69 Å². The molecule has 0 spiro atoms. The number of nitrogens with zero attached hydrogens (tertiary/aromatic N) is 2. The largest absolute Gasteiger partial charge is 0.235 e. The number of hydrogen-bond acceptors (Lipinski definition) is 2. The molecule has 1 aliphatic rings. The molecule has 4 rings (SSSR count). The average Bonchev–Trinajstić information content (AvgIpc) is 2.63. The van der Waals surface area contributed by atoms with Crippen molar-refractivity contribution < 1.29 is 0 Å². The van der Waals surface area contributed by atoms with Gasteiger partial charge < -0.3 is 0 Å². The van der Waals surface area contributed by atoms with E-state index in [9.17, 15) is 0 Å². The summed E-state index contributed by atoms with van der Waals surface area (Å²) in [4.78, 5) is 0. The van der Waals surface area contributed by atoms with Crippen molar-refractivity contribution in [2.75, 3.05) is 0 Å². The Morgan fingerprint density at radius 3 is 1.78 bits per heavy atom. The summed E-state index contributed by atoms with van der Waals surface area (Å²) in [5, 5.41) is 2.76. The predicted molar refractivity (Wildman–Crippen MR) is 100.0 cm³/mol. The first-order chi connectivity index (χ1) is 11.3. The van der Waals surface area contributed by atoms with E-state index in [0.717, 1.165) is 21.9 Å². The monoisotopic (exact) mass is 336 g/mol. The Hall–Kier alpha value is -2.15. The quantitative estimate of drug-likeness (QED) is 0.583. The van der Waals surface area contributed by atoms with Gasteiger partial charge in [0.1, 0.15) is 12.4 Å². The molecule has 0 bridgehead atoms. The van der Waals surface area contributed by atoms with Crippen LogP contribution in [0.15, 0.2) is 94.4 Å². The summed E-state index contributed by atoms with van der Waals surface area (Å²) >= 11 is 6.55. The van der Waals surface area contributed by atoms with Crippen LogP contribution in [0, 0.1) is 0 Å². The van der Waals surface area contributed by atoms with Crippen molar-refractivity contribution in [2.45, 2.75) is 0 Å². The molecule has 0 amide bonds. The zero-order chi connectivity index (χ0) is 15.7. The van der Waals surface area contributed by atoms with Gasteiger partial charge in [0.25, 0.3) is 0 Å². The molecule has 3 aromatic carbocycles. The van der Waals surface area contributed by atoms with Gasteiger partial charge in [0.15, 0.2) is 0 Å². The maximum absolute atomic E-state index is 6.55. The van der Waals surface area contributed by atoms with Crippen molar-refractivity contribution in [1.82, 2.24) is 0 Å². The van der Waals surface area contributed by atoms with Crippen LogP contribution in [0.3, 0.4) is 0 Å². The minimum absolute atomic E-state index is 0.539. The van der Waals surface area contributed by atoms with Gasteiger partial charge in [-0.1, -0.05) is 84.4 Å². The Morgan fingerprint density at radius 1 is 0.652 bits per heavy atom. The van der Waals surface area contributed by atoms with E-state index in [4.69, 9.17) is 21.1 Å². The first kappa shape index (κ1) is 14.4. The lowest BCUT2D eigenvalue weighted by molar-refractivity contribution is 1.48. The van der Waals surface area contributed by atoms with Crippen LogP contribution in [-0.2, 0) is 0 Å². The molecule has 0 saturated carbocycles. The van der Waals surface area contributed by atoms with E-state index in [1.165, 1.54) is 0 Å². The highest BCUT2D eigenvalue weighted by atomic mass is 35.5. The van der Waals surface area contributed by atoms with Crippen molar-refractivity contribution in [3.63, 3.8) is 0 Å². The molecule has 112 valence electrons. The molecule has 1 heterocycles. The number of halogens is 1. The Labute approximate surface area is 140 Å². The summed E-state index contributed by atoms with van der Waals surface area (Å²) in [6, 6.07) is 28.4. The van der Waals surface area contributed by atoms with Crippen molar-refractivity contribution in [2.24, 2.45) is 9.51 Å². The summed E-state index contributed by atoms with van der Waals surface area (Å²) < 4.78 is 10.0. The molecule has 0 fully saturated rings. The Balaban J connectivity index is 2.09. The fourth-order valence-corrected chi connectivity index (χ4v) is 6.06. The van der Waals surface area contributed by atoms with E-state index in [1.54, 1.807) is 0 Å². The highest BCUT2D eigenvalue weighted by molar-refractivity contribution is 7.80. The molecular formula is C19H14ClN2P. The highest BCUT2D eigenvalue weighted by Crippen LogP contribution is 2.55. The van der Waals surface area contributed by atoms with Crippen molar-refractivity contribution in [3.8, 4) is 0 Å². The van der Waals surface area contributed by atoms with Crippen LogP contribution in [-0.4, -0.2) is 5.17 Å². The van der Waals surface area contributed by atoms with Crippen molar-refractivity contribution in [3.05, 3.63) is 90.5 Å². The van der Waals surface area contributed by atoms with E-state index >= 15 is 0 Å². The second-order valence-electron chi connectivity index (χ2n) is 5.28. The first-order valence-corrected chi connectivity index (χ1v) is 9.45. The lowest BCUT2D eigenvalue weighted by Crippen LogP contribution is -2.17. The maximum Gasteiger partial charge on any atom is 0.139 e. The number of fused-ring (bicyclic) bond motifs is 1. The average molecular weight is 337 g/mol. The fourth-order valence-electron chi connectivity index (χ4n) is 2.75. The third kappa shape index (κ3) is 2.45. The van der Waals surface area contributed by atoms with Crippen LogP contribution in [0.25, 0.3) is 0 Å². The smallest absolute Gasteiger partial charge is 0.139 e. The van der Waals surface area contributed by atoms with Gasteiger partial charge in [-0.25, -0.2) is 9.51 Å². The summed E-state index contributed by atoms with van der Waals surface area (Å²) in [6.45, 7) is 0. The minimum Gasteiger partial charge on any atom is -0.235 e. The van der Waals surface area contributed by atoms with Crippen molar-refractivity contribution >= 4 is 40.3 Å². The van der Waals surface area contributed by atoms with E-state index in [1.807, 2.05) is 60.7 Å². The molecule has 0 N–H and O–H groups in total. The van der Waals surface area contributed by atoms with E-state index in [2.05, 4.69) is 24.3 Å². The standard InChI is InChI=1S/C19H14ClN2P/c20-19-17-13-7-8-14-18(17)21-23(22-19,15-9-3-1-4-10-15)16-11-5-2-6-12-16/h1-14H. The van der Waals surface area contributed by atoms with Crippen LogP contribution in [0.5, 0.6) is 0 Å². The van der Waals surface area contributed by atoms with Crippen LogP contribution < -0.4 is 10.6 Å². The Morgan fingerprint density at radius 2 is 1.17 bits per heavy atom. The zero-order valence-electron chi connectivity index (χ0n) is 12.3. The molecule has 3 aromatic rings. The van der Waals surface area contributed by atoms with E-state index < -0.39 is 7.21 Å². The van der Waals surface area contributed by atoms with Gasteiger partial charge in [-0.15, -0.1) is 0 Å². The molecule has 0 unspecified atom stereocenters. The van der Waals surface area contributed by atoms with Gasteiger partial charge in [0, 0.05) is 16.2 Å². The maximum atomic E-state index is 6.55. The first-order valence-electron chi connectivity index (χ1n) is 7.38. The number of benzene rings is 3. The molecule has 0 aromatic heterocycles. The Kier molecular flexibility index (Phi) is 3.65. The molecule has 2 nitrogen and oxygen atoms in total. The highest BCUT2D eigenvalue weighted by Gasteiger charge is 2.29. The predicted octanol–water partition coefficient (Wildman–Crippen LogP) is 5.08. The lowest BCUT2D eigenvalue weighted by atomic mass is 10.2. The van der Waals surface area contributed by atoms with E-state index in [0.29, 0.717) is 5.17 Å². The Bertz CT molecular complexity index is 890. The van der Waals surface area contributed by atoms with Gasteiger partial charge in [0.2, 0.25) is 0 Å². The lowest BCUT2D eigenvalue weighted by Gasteiger charge is -2.25. The molecule has 0 aliphatic carbocycles. The zero-order valence-corrected chi connectivity index (χ0v) is 14.0. The molecule has 23 heavy (non-hydrogen) atoms. The normalized spacial score (nSPS) is 15.3. The van der Waals surface area contributed by atoms with Gasteiger partial charge in [-0.3, -0.25) is 0 Å². The van der Waals surface area contributed by atoms with Crippen LogP contribution >= 0.6 is 18.8 Å². The summed E-state index contributed by atoms with van der Waals surface area (Å²) in [7, 11) is -2.30. The molecular weight excluding hydrogens is 323 g/mol.